The molecular weight excluding hydrogens is 380 g/mol. The minimum atomic E-state index is -1.65. The average molecular weight is 407 g/mol. The lowest BCUT2D eigenvalue weighted by Crippen LogP contribution is -2.52. The minimum absolute atomic E-state index is 0.275. The number of rotatable bonds is 7. The molecule has 1 fully saturated rings. The van der Waals surface area contributed by atoms with Crippen LogP contribution in [0.5, 0.6) is 0 Å². The standard InChI is InChI=1S/C22H26N4O2Si/c1-29(2,3)14-19(21(28)26-22(15-23)9-10-22)25-20(27)17-7-4-6-16(12-17)18-8-5-11-24-13-18/h4-8,11-13,19H,9-10,14H2,1-3H3,(H,25,27)(H,26,28). The Morgan fingerprint density at radius 1 is 1.21 bits per heavy atom. The monoisotopic (exact) mass is 406 g/mol. The quantitative estimate of drug-likeness (QED) is 0.689. The van der Waals surface area contributed by atoms with Crippen LogP contribution in [0.1, 0.15) is 23.2 Å². The number of carbonyl (C=O) groups excluding carboxylic acids is 2. The first-order valence-corrected chi connectivity index (χ1v) is 13.5. The molecule has 1 heterocycles. The molecule has 29 heavy (non-hydrogen) atoms. The van der Waals surface area contributed by atoms with E-state index in [1.54, 1.807) is 24.5 Å². The Balaban J connectivity index is 1.77. The molecule has 0 spiro atoms. The molecule has 6 nitrogen and oxygen atoms in total. The molecule has 1 aliphatic carbocycles. The number of pyridine rings is 1. The number of nitrogens with zero attached hydrogens (tertiary/aromatic N) is 2. The van der Waals surface area contributed by atoms with Crippen molar-refractivity contribution in [2.75, 3.05) is 0 Å². The SMILES string of the molecule is C[Si](C)(C)CC(NC(=O)c1cccc(-c2cccnc2)c1)C(=O)NC1(C#N)CC1. The summed E-state index contributed by atoms with van der Waals surface area (Å²) in [5, 5.41) is 15.0. The summed E-state index contributed by atoms with van der Waals surface area (Å²) in [7, 11) is -1.65. The topological polar surface area (TPSA) is 94.9 Å². The van der Waals surface area contributed by atoms with E-state index < -0.39 is 19.7 Å². The fourth-order valence-corrected chi connectivity index (χ4v) is 4.66. The molecule has 0 bridgehead atoms. The summed E-state index contributed by atoms with van der Waals surface area (Å²) in [6.07, 6.45) is 4.77. The van der Waals surface area contributed by atoms with E-state index in [0.717, 1.165) is 11.1 Å². The van der Waals surface area contributed by atoms with Crippen molar-refractivity contribution in [3.05, 3.63) is 54.4 Å². The van der Waals surface area contributed by atoms with Gasteiger partial charge in [0, 0.05) is 31.6 Å². The van der Waals surface area contributed by atoms with E-state index in [1.807, 2.05) is 24.3 Å². The van der Waals surface area contributed by atoms with E-state index in [0.29, 0.717) is 24.4 Å². The van der Waals surface area contributed by atoms with Crippen molar-refractivity contribution in [2.24, 2.45) is 0 Å². The molecule has 1 aromatic heterocycles. The van der Waals surface area contributed by atoms with E-state index >= 15 is 0 Å². The summed E-state index contributed by atoms with van der Waals surface area (Å²) in [4.78, 5) is 29.9. The van der Waals surface area contributed by atoms with Crippen molar-refractivity contribution >= 4 is 19.9 Å². The number of nitriles is 1. The molecule has 1 saturated carbocycles. The first kappa shape index (κ1) is 20.7. The van der Waals surface area contributed by atoms with Gasteiger partial charge in [0.2, 0.25) is 5.91 Å². The van der Waals surface area contributed by atoms with Gasteiger partial charge in [0.05, 0.1) is 6.07 Å². The van der Waals surface area contributed by atoms with Crippen LogP contribution in [0.3, 0.4) is 0 Å². The summed E-state index contributed by atoms with van der Waals surface area (Å²) in [5.41, 5.74) is 1.54. The van der Waals surface area contributed by atoms with Gasteiger partial charge >= 0.3 is 0 Å². The molecule has 2 amide bonds. The van der Waals surface area contributed by atoms with Gasteiger partial charge in [-0.2, -0.15) is 5.26 Å². The third kappa shape index (κ3) is 5.52. The highest BCUT2D eigenvalue weighted by Crippen LogP contribution is 2.34. The lowest BCUT2D eigenvalue weighted by atomic mass is 10.0. The molecule has 0 aliphatic heterocycles. The van der Waals surface area contributed by atoms with Gasteiger partial charge in [-0.15, -0.1) is 0 Å². The summed E-state index contributed by atoms with van der Waals surface area (Å²) >= 11 is 0. The number of hydrogen-bond acceptors (Lipinski definition) is 4. The van der Waals surface area contributed by atoms with Crippen LogP contribution < -0.4 is 10.6 Å². The van der Waals surface area contributed by atoms with Crippen molar-refractivity contribution < 1.29 is 9.59 Å². The zero-order chi connectivity index (χ0) is 21.1. The number of nitrogens with one attached hydrogen (secondary N) is 2. The summed E-state index contributed by atoms with van der Waals surface area (Å²) < 4.78 is 0. The lowest BCUT2D eigenvalue weighted by Gasteiger charge is -2.26. The normalized spacial score (nSPS) is 15.7. The molecule has 3 rings (SSSR count). The number of amides is 2. The molecule has 1 aromatic carbocycles. The van der Waals surface area contributed by atoms with Gasteiger partial charge in [0.1, 0.15) is 11.6 Å². The maximum Gasteiger partial charge on any atom is 0.251 e. The maximum atomic E-state index is 12.9. The van der Waals surface area contributed by atoms with Gasteiger partial charge in [-0.25, -0.2) is 0 Å². The van der Waals surface area contributed by atoms with Crippen LogP contribution >= 0.6 is 0 Å². The number of aromatic nitrogens is 1. The molecular formula is C22H26N4O2Si. The summed E-state index contributed by atoms with van der Waals surface area (Å²) in [6.45, 7) is 6.46. The molecule has 1 unspecified atom stereocenters. The van der Waals surface area contributed by atoms with Crippen LogP contribution in [-0.2, 0) is 4.79 Å². The fraction of sp³-hybridized carbons (Fsp3) is 0.364. The molecule has 1 atom stereocenters. The van der Waals surface area contributed by atoms with Gasteiger partial charge in [-0.05, 0) is 42.6 Å². The van der Waals surface area contributed by atoms with Gasteiger partial charge in [-0.3, -0.25) is 14.6 Å². The van der Waals surface area contributed by atoms with Crippen molar-refractivity contribution in [1.29, 1.82) is 5.26 Å². The number of hydrogen-bond donors (Lipinski definition) is 2. The van der Waals surface area contributed by atoms with Crippen molar-refractivity contribution in [2.45, 2.75) is 50.1 Å². The van der Waals surface area contributed by atoms with Gasteiger partial charge in [-0.1, -0.05) is 37.8 Å². The molecule has 0 saturated heterocycles. The predicted octanol–water partition coefficient (Wildman–Crippen LogP) is 3.36. The average Bonchev–Trinajstić information content (AvgIpc) is 3.47. The van der Waals surface area contributed by atoms with E-state index in [1.165, 1.54) is 0 Å². The highest BCUT2D eigenvalue weighted by molar-refractivity contribution is 6.76. The first-order valence-electron chi connectivity index (χ1n) is 9.76. The Morgan fingerprint density at radius 3 is 2.52 bits per heavy atom. The van der Waals surface area contributed by atoms with E-state index in [2.05, 4.69) is 41.3 Å². The maximum absolute atomic E-state index is 12.9. The van der Waals surface area contributed by atoms with Crippen LogP contribution in [0.25, 0.3) is 11.1 Å². The van der Waals surface area contributed by atoms with Gasteiger partial charge in [0.15, 0.2) is 0 Å². The van der Waals surface area contributed by atoms with Crippen LogP contribution in [0.4, 0.5) is 0 Å². The Bertz CT molecular complexity index is 943. The predicted molar refractivity (Wildman–Crippen MR) is 115 cm³/mol. The third-order valence-electron chi connectivity index (χ3n) is 4.88. The molecule has 2 aromatic rings. The Morgan fingerprint density at radius 2 is 1.93 bits per heavy atom. The lowest BCUT2D eigenvalue weighted by molar-refractivity contribution is -0.123. The fourth-order valence-electron chi connectivity index (χ4n) is 3.15. The Hall–Kier alpha value is -2.98. The summed E-state index contributed by atoms with van der Waals surface area (Å²) in [5.74, 6) is -0.570. The van der Waals surface area contributed by atoms with Crippen LogP contribution in [0, 0.1) is 11.3 Å². The van der Waals surface area contributed by atoms with Crippen LogP contribution in [0.2, 0.25) is 25.7 Å². The smallest absolute Gasteiger partial charge is 0.251 e. The second-order valence-electron chi connectivity index (χ2n) is 8.80. The molecule has 0 radical (unpaired) electrons. The van der Waals surface area contributed by atoms with E-state index in [9.17, 15) is 14.9 Å². The van der Waals surface area contributed by atoms with Crippen molar-refractivity contribution in [3.8, 4) is 17.2 Å². The largest absolute Gasteiger partial charge is 0.341 e. The second kappa shape index (κ2) is 8.17. The number of carbonyl (C=O) groups is 2. The van der Waals surface area contributed by atoms with E-state index in [4.69, 9.17) is 0 Å². The minimum Gasteiger partial charge on any atom is -0.341 e. The zero-order valence-corrected chi connectivity index (χ0v) is 18.0. The summed E-state index contributed by atoms with van der Waals surface area (Å²) in [6, 6.07) is 13.2. The molecule has 2 N–H and O–H groups in total. The van der Waals surface area contributed by atoms with E-state index in [-0.39, 0.29) is 11.8 Å². The Kier molecular flexibility index (Phi) is 5.85. The number of benzene rings is 1. The Labute approximate surface area is 172 Å². The molecule has 7 heteroatoms. The molecule has 1 aliphatic rings. The highest BCUT2D eigenvalue weighted by Gasteiger charge is 2.46. The van der Waals surface area contributed by atoms with Crippen LogP contribution in [-0.4, -0.2) is 36.5 Å². The zero-order valence-electron chi connectivity index (χ0n) is 17.0. The van der Waals surface area contributed by atoms with Crippen molar-refractivity contribution in [1.82, 2.24) is 15.6 Å². The third-order valence-corrected chi connectivity index (χ3v) is 6.52. The second-order valence-corrected chi connectivity index (χ2v) is 14.3. The van der Waals surface area contributed by atoms with Crippen LogP contribution in [0.15, 0.2) is 48.8 Å². The first-order chi connectivity index (χ1) is 13.7. The highest BCUT2D eigenvalue weighted by atomic mass is 28.3. The van der Waals surface area contributed by atoms with Crippen molar-refractivity contribution in [3.63, 3.8) is 0 Å². The van der Waals surface area contributed by atoms with Gasteiger partial charge < -0.3 is 10.6 Å². The molecule has 150 valence electrons. The van der Waals surface area contributed by atoms with Gasteiger partial charge in [0.25, 0.3) is 5.91 Å².